The smallest absolute Gasteiger partial charge is 0.170 e. The number of aryl methyl sites for hydroxylation is 1. The van der Waals surface area contributed by atoms with Gasteiger partial charge < -0.3 is 5.32 Å². The molecule has 0 bridgehead atoms. The van der Waals surface area contributed by atoms with Crippen LogP contribution in [-0.4, -0.2) is 11.7 Å². The summed E-state index contributed by atoms with van der Waals surface area (Å²) in [4.78, 5) is 10.6. The molecule has 8 aromatic carbocycles. The molecule has 1 atom stereocenters. The lowest BCUT2D eigenvalue weighted by Crippen LogP contribution is -2.36. The van der Waals surface area contributed by atoms with Crippen molar-refractivity contribution in [2.75, 3.05) is 0 Å². The summed E-state index contributed by atoms with van der Waals surface area (Å²) in [5.41, 5.74) is 15.2. The molecule has 3 heteroatoms. The van der Waals surface area contributed by atoms with Crippen molar-refractivity contribution >= 4 is 39.7 Å². The van der Waals surface area contributed by atoms with E-state index in [4.69, 9.17) is 9.98 Å². The van der Waals surface area contributed by atoms with Gasteiger partial charge in [0.15, 0.2) is 6.17 Å². The van der Waals surface area contributed by atoms with Crippen molar-refractivity contribution < 1.29 is 0 Å². The molecule has 3 nitrogen and oxygen atoms in total. The standard InChI is InChI=1S/C55H41N3/c1-5-19-39(20-6-1)51(40-21-7-2-8-22-40)52(41-23-9-3-10-24-41)45-29-17-28-44(37-45)47-34-35-50(49-31-16-15-30-48(47)49)55-57-53(42-25-11-4-12-26-42)56-54(58-55)46-33-32-38-18-13-14-27-43(38)36-46/h1-12,14-17,19-37,55H,13,18H2,(H,56,57,58). The van der Waals surface area contributed by atoms with E-state index >= 15 is 0 Å². The summed E-state index contributed by atoms with van der Waals surface area (Å²) in [6.07, 6.45) is 6.21. The molecule has 0 saturated heterocycles. The summed E-state index contributed by atoms with van der Waals surface area (Å²) < 4.78 is 0. The van der Waals surface area contributed by atoms with E-state index in [0.717, 1.165) is 57.7 Å². The Morgan fingerprint density at radius 3 is 1.67 bits per heavy atom. The number of benzene rings is 8. The van der Waals surface area contributed by atoms with Gasteiger partial charge in [-0.05, 0) is 91.4 Å². The highest BCUT2D eigenvalue weighted by Crippen LogP contribution is 2.40. The van der Waals surface area contributed by atoms with Crippen LogP contribution in [0.1, 0.15) is 62.7 Å². The van der Waals surface area contributed by atoms with E-state index in [2.05, 4.69) is 212 Å². The van der Waals surface area contributed by atoms with Crippen molar-refractivity contribution in [1.82, 2.24) is 5.32 Å². The minimum atomic E-state index is -0.435. The normalized spacial score (nSPS) is 14.5. The third-order valence-electron chi connectivity index (χ3n) is 11.2. The fourth-order valence-corrected chi connectivity index (χ4v) is 8.42. The Kier molecular flexibility index (Phi) is 9.46. The summed E-state index contributed by atoms with van der Waals surface area (Å²) >= 11 is 0. The molecule has 0 amide bonds. The summed E-state index contributed by atoms with van der Waals surface area (Å²) in [5.74, 6) is 1.65. The van der Waals surface area contributed by atoms with E-state index in [-0.39, 0.29) is 0 Å². The van der Waals surface area contributed by atoms with Gasteiger partial charge >= 0.3 is 0 Å². The first-order valence-corrected chi connectivity index (χ1v) is 20.1. The Hall–Kier alpha value is -7.36. The Bertz CT molecular complexity index is 2850. The maximum absolute atomic E-state index is 5.34. The number of hydrogen-bond acceptors (Lipinski definition) is 3. The van der Waals surface area contributed by atoms with Crippen LogP contribution in [0.5, 0.6) is 0 Å². The molecular weight excluding hydrogens is 703 g/mol. The van der Waals surface area contributed by atoms with Gasteiger partial charge in [-0.3, -0.25) is 0 Å². The molecule has 0 saturated carbocycles. The van der Waals surface area contributed by atoms with Gasteiger partial charge in [0, 0.05) is 16.7 Å². The molecule has 0 fully saturated rings. The van der Waals surface area contributed by atoms with E-state index < -0.39 is 6.17 Å². The first kappa shape index (κ1) is 35.1. The second kappa shape index (κ2) is 15.6. The summed E-state index contributed by atoms with van der Waals surface area (Å²) in [5, 5.41) is 5.92. The fraction of sp³-hybridized carbons (Fsp3) is 0.0545. The highest BCUT2D eigenvalue weighted by Gasteiger charge is 2.24. The monoisotopic (exact) mass is 743 g/mol. The van der Waals surface area contributed by atoms with Crippen molar-refractivity contribution in [3.8, 4) is 11.1 Å². The summed E-state index contributed by atoms with van der Waals surface area (Å²) in [6.45, 7) is 0. The van der Waals surface area contributed by atoms with Gasteiger partial charge in [-0.25, -0.2) is 9.98 Å². The molecule has 8 aromatic rings. The van der Waals surface area contributed by atoms with Gasteiger partial charge in [0.05, 0.1) is 0 Å². The lowest BCUT2D eigenvalue weighted by Gasteiger charge is -2.24. The zero-order chi connectivity index (χ0) is 38.7. The molecule has 1 aliphatic carbocycles. The lowest BCUT2D eigenvalue weighted by molar-refractivity contribution is 0.762. The average Bonchev–Trinajstić information content (AvgIpc) is 3.31. The van der Waals surface area contributed by atoms with Crippen LogP contribution < -0.4 is 5.32 Å². The zero-order valence-corrected chi connectivity index (χ0v) is 32.1. The topological polar surface area (TPSA) is 36.8 Å². The maximum atomic E-state index is 5.34. The summed E-state index contributed by atoms with van der Waals surface area (Å²) in [6, 6.07) is 71.6. The first-order chi connectivity index (χ1) is 28.8. The van der Waals surface area contributed by atoms with E-state index in [1.165, 1.54) is 49.9 Å². The lowest BCUT2D eigenvalue weighted by atomic mass is 9.84. The van der Waals surface area contributed by atoms with E-state index in [9.17, 15) is 0 Å². The van der Waals surface area contributed by atoms with Crippen molar-refractivity contribution in [2.45, 2.75) is 19.0 Å². The molecule has 0 radical (unpaired) electrons. The van der Waals surface area contributed by atoms with Crippen molar-refractivity contribution in [3.63, 3.8) is 0 Å². The van der Waals surface area contributed by atoms with Crippen LogP contribution in [-0.2, 0) is 6.42 Å². The number of aliphatic imine (C=N–C) groups is 2. The Balaban J connectivity index is 1.12. The Morgan fingerprint density at radius 2 is 1.00 bits per heavy atom. The highest BCUT2D eigenvalue weighted by molar-refractivity contribution is 6.16. The SMILES string of the molecule is C1=Cc2cc(C3=NC(c4ccc(-c5cccc(C(=C(c6ccccc6)c6ccccc6)c6ccccc6)c5)c5ccccc45)N=C(c4ccccc4)N3)ccc2CC1. The Morgan fingerprint density at radius 1 is 0.448 bits per heavy atom. The number of nitrogens with zero attached hydrogens (tertiary/aromatic N) is 2. The van der Waals surface area contributed by atoms with Crippen LogP contribution in [0.25, 0.3) is 39.1 Å². The maximum Gasteiger partial charge on any atom is 0.170 e. The molecule has 0 aromatic heterocycles. The largest absolute Gasteiger partial charge is 0.324 e. The van der Waals surface area contributed by atoms with E-state index in [1.807, 2.05) is 6.07 Å². The van der Waals surface area contributed by atoms with Crippen LogP contribution in [0, 0.1) is 0 Å². The molecule has 1 N–H and O–H groups in total. The van der Waals surface area contributed by atoms with Gasteiger partial charge in [-0.15, -0.1) is 0 Å². The predicted molar refractivity (Wildman–Crippen MR) is 243 cm³/mol. The van der Waals surface area contributed by atoms with Gasteiger partial charge in [-0.1, -0.05) is 200 Å². The number of hydrogen-bond donors (Lipinski definition) is 1. The number of rotatable bonds is 8. The third-order valence-corrected chi connectivity index (χ3v) is 11.2. The molecule has 276 valence electrons. The van der Waals surface area contributed by atoms with Gasteiger partial charge in [0.1, 0.15) is 11.7 Å². The Labute approximate surface area is 340 Å². The zero-order valence-electron chi connectivity index (χ0n) is 32.1. The van der Waals surface area contributed by atoms with Crippen LogP contribution in [0.3, 0.4) is 0 Å². The molecule has 58 heavy (non-hydrogen) atoms. The fourth-order valence-electron chi connectivity index (χ4n) is 8.42. The minimum absolute atomic E-state index is 0.435. The second-order valence-corrected chi connectivity index (χ2v) is 14.9. The number of nitrogens with one attached hydrogen (secondary N) is 1. The average molecular weight is 744 g/mol. The van der Waals surface area contributed by atoms with Crippen LogP contribution in [0.15, 0.2) is 216 Å². The highest BCUT2D eigenvalue weighted by atomic mass is 15.2. The van der Waals surface area contributed by atoms with Gasteiger partial charge in [0.25, 0.3) is 0 Å². The van der Waals surface area contributed by atoms with Crippen molar-refractivity contribution in [1.29, 1.82) is 0 Å². The summed E-state index contributed by atoms with van der Waals surface area (Å²) in [7, 11) is 0. The molecule has 1 unspecified atom stereocenters. The predicted octanol–water partition coefficient (Wildman–Crippen LogP) is 13.0. The molecule has 0 spiro atoms. The molecule has 1 aliphatic heterocycles. The minimum Gasteiger partial charge on any atom is -0.324 e. The number of allylic oxidation sites excluding steroid dienone is 1. The molecule has 2 aliphatic rings. The molecular formula is C55H41N3. The van der Waals surface area contributed by atoms with Crippen LogP contribution in [0.2, 0.25) is 0 Å². The van der Waals surface area contributed by atoms with Crippen molar-refractivity contribution in [3.05, 3.63) is 256 Å². The van der Waals surface area contributed by atoms with E-state index in [0.29, 0.717) is 0 Å². The number of amidine groups is 2. The third kappa shape index (κ3) is 6.88. The van der Waals surface area contributed by atoms with Gasteiger partial charge in [0.2, 0.25) is 0 Å². The van der Waals surface area contributed by atoms with Crippen LogP contribution >= 0.6 is 0 Å². The van der Waals surface area contributed by atoms with E-state index in [1.54, 1.807) is 0 Å². The van der Waals surface area contributed by atoms with Gasteiger partial charge in [-0.2, -0.15) is 0 Å². The van der Waals surface area contributed by atoms with Crippen molar-refractivity contribution in [2.24, 2.45) is 9.98 Å². The molecule has 10 rings (SSSR count). The van der Waals surface area contributed by atoms with Crippen LogP contribution in [0.4, 0.5) is 0 Å². The number of fused-ring (bicyclic) bond motifs is 2. The molecule has 1 heterocycles. The quantitative estimate of drug-likeness (QED) is 0.155. The first-order valence-electron chi connectivity index (χ1n) is 20.1. The second-order valence-electron chi connectivity index (χ2n) is 14.9.